The van der Waals surface area contributed by atoms with Crippen molar-refractivity contribution in [3.63, 3.8) is 0 Å². The number of hydrogen-bond acceptors (Lipinski definition) is 5. The summed E-state index contributed by atoms with van der Waals surface area (Å²) >= 11 is 0. The monoisotopic (exact) mass is 513 g/mol. The van der Waals surface area contributed by atoms with E-state index in [-0.39, 0.29) is 5.56 Å². The number of benzene rings is 2. The highest BCUT2D eigenvalue weighted by Crippen LogP contribution is 2.48. The fourth-order valence-corrected chi connectivity index (χ4v) is 2.76. The van der Waals surface area contributed by atoms with Gasteiger partial charge in [0.05, 0.1) is 0 Å². The molecule has 0 saturated carbocycles. The lowest BCUT2D eigenvalue weighted by Gasteiger charge is -2.31. The smallest absolute Gasteiger partial charge is 0.475 e. The van der Waals surface area contributed by atoms with Gasteiger partial charge in [-0.1, -0.05) is 24.8 Å². The molecule has 0 radical (unpaired) electrons. The average Bonchev–Trinajstić information content (AvgIpc) is 2.69. The Morgan fingerprint density at radius 2 is 1.21 bits per heavy atom. The third-order valence-corrected chi connectivity index (χ3v) is 4.61. The van der Waals surface area contributed by atoms with Crippen LogP contribution in [0.1, 0.15) is 5.56 Å². The predicted octanol–water partition coefficient (Wildman–Crippen LogP) is 5.07. The lowest BCUT2D eigenvalue weighted by atomic mass is 10.2. The zero-order chi connectivity index (χ0) is 25.6. The zero-order valence-corrected chi connectivity index (χ0v) is 16.1. The standard InChI is InChI=1S/C17H8F10O5S/c1-2-7-3-5-8(6-4-7)31-16(24,25)15(22,23)17(26,27)32-13-9(18)11(20)14(33(28,29)30)12(21)10(13)19/h2-6H,1H2,(H,28,29,30)/p-1. The molecule has 2 aromatic carbocycles. The second kappa shape index (κ2) is 8.40. The zero-order valence-electron chi connectivity index (χ0n) is 15.3. The first kappa shape index (κ1) is 26.2. The summed E-state index contributed by atoms with van der Waals surface area (Å²) < 4.78 is 176. The summed E-state index contributed by atoms with van der Waals surface area (Å²) in [6.07, 6.45) is -11.6. The lowest BCUT2D eigenvalue weighted by molar-refractivity contribution is -0.415. The Morgan fingerprint density at radius 1 is 0.788 bits per heavy atom. The second-order valence-corrected chi connectivity index (χ2v) is 7.27. The van der Waals surface area contributed by atoms with Crippen molar-refractivity contribution in [1.29, 1.82) is 0 Å². The minimum Gasteiger partial charge on any atom is -0.744 e. The van der Waals surface area contributed by atoms with Crippen molar-refractivity contribution in [3.05, 3.63) is 59.7 Å². The van der Waals surface area contributed by atoms with E-state index in [0.29, 0.717) is 12.1 Å². The summed E-state index contributed by atoms with van der Waals surface area (Å²) in [6, 6.07) is 3.30. The minimum absolute atomic E-state index is 0.282. The third-order valence-electron chi connectivity index (χ3n) is 3.76. The molecule has 0 heterocycles. The second-order valence-electron chi connectivity index (χ2n) is 5.95. The van der Waals surface area contributed by atoms with E-state index < -0.39 is 67.9 Å². The molecule has 0 saturated heterocycles. The maximum Gasteiger partial charge on any atom is 0.475 e. The summed E-state index contributed by atoms with van der Waals surface area (Å²) in [4.78, 5) is -2.82. The molecule has 182 valence electrons. The first-order valence-electron chi connectivity index (χ1n) is 7.93. The van der Waals surface area contributed by atoms with E-state index in [4.69, 9.17) is 0 Å². The Morgan fingerprint density at radius 3 is 1.61 bits per heavy atom. The lowest BCUT2D eigenvalue weighted by Crippen LogP contribution is -2.59. The van der Waals surface area contributed by atoms with Crippen LogP contribution in [0.25, 0.3) is 6.08 Å². The molecular formula is C17H7F10O5S-. The van der Waals surface area contributed by atoms with Crippen LogP contribution in [-0.4, -0.2) is 31.1 Å². The summed E-state index contributed by atoms with van der Waals surface area (Å²) in [5.74, 6) is -23.5. The minimum atomic E-state index is -6.74. The number of hydrogen-bond donors (Lipinski definition) is 0. The van der Waals surface area contributed by atoms with Crippen LogP contribution in [0.15, 0.2) is 35.7 Å². The Bertz CT molecular complexity index is 1150. The molecule has 33 heavy (non-hydrogen) atoms. The largest absolute Gasteiger partial charge is 0.744 e. The molecule has 0 unspecified atom stereocenters. The highest BCUT2D eigenvalue weighted by molar-refractivity contribution is 7.85. The van der Waals surface area contributed by atoms with Crippen LogP contribution in [0.4, 0.5) is 43.9 Å². The molecule has 2 rings (SSSR count). The van der Waals surface area contributed by atoms with Gasteiger partial charge < -0.3 is 14.0 Å². The normalized spacial score (nSPS) is 13.1. The average molecular weight is 513 g/mol. The van der Waals surface area contributed by atoms with E-state index in [0.717, 1.165) is 12.1 Å². The van der Waals surface area contributed by atoms with Gasteiger partial charge in [0.25, 0.3) is 0 Å². The fraction of sp³-hybridized carbons (Fsp3) is 0.176. The molecule has 0 amide bonds. The summed E-state index contributed by atoms with van der Waals surface area (Å²) in [6.45, 7) is 3.30. The molecule has 5 nitrogen and oxygen atoms in total. The van der Waals surface area contributed by atoms with Gasteiger partial charge in [0.15, 0.2) is 11.6 Å². The van der Waals surface area contributed by atoms with E-state index in [1.807, 2.05) is 0 Å². The quantitative estimate of drug-likeness (QED) is 0.280. The van der Waals surface area contributed by atoms with E-state index in [1.165, 1.54) is 6.08 Å². The Labute approximate surface area is 177 Å². The van der Waals surface area contributed by atoms with Crippen LogP contribution in [0.5, 0.6) is 11.5 Å². The number of alkyl halides is 6. The Hall–Kier alpha value is -3.01. The van der Waals surface area contributed by atoms with Gasteiger partial charge in [-0.2, -0.15) is 35.1 Å². The van der Waals surface area contributed by atoms with Gasteiger partial charge in [-0.05, 0) is 17.7 Å². The first-order chi connectivity index (χ1) is 14.9. The Balaban J connectivity index is 2.49. The van der Waals surface area contributed by atoms with E-state index in [9.17, 15) is 56.9 Å². The molecule has 16 heteroatoms. The molecule has 0 bridgehead atoms. The molecule has 0 N–H and O–H groups in total. The third kappa shape index (κ3) is 4.71. The molecule has 0 spiro atoms. The Kier molecular flexibility index (Phi) is 6.68. The predicted molar refractivity (Wildman–Crippen MR) is 86.9 cm³/mol. The highest BCUT2D eigenvalue weighted by atomic mass is 32.2. The molecule has 0 aliphatic rings. The van der Waals surface area contributed by atoms with Crippen molar-refractivity contribution in [3.8, 4) is 11.5 Å². The van der Waals surface area contributed by atoms with Crippen LogP contribution in [0.2, 0.25) is 0 Å². The van der Waals surface area contributed by atoms with Crippen molar-refractivity contribution in [1.82, 2.24) is 0 Å². The van der Waals surface area contributed by atoms with Crippen molar-refractivity contribution in [2.75, 3.05) is 0 Å². The van der Waals surface area contributed by atoms with Crippen LogP contribution in [-0.2, 0) is 10.1 Å². The summed E-state index contributed by atoms with van der Waals surface area (Å²) in [7, 11) is -6.28. The van der Waals surface area contributed by atoms with Crippen molar-refractivity contribution >= 4 is 16.2 Å². The number of halogens is 10. The molecule has 0 aliphatic heterocycles. The SMILES string of the molecule is C=Cc1ccc(OC(F)(F)C(F)(F)C(F)(F)Oc2c(F)c(F)c(S(=O)(=O)[O-])c(F)c2F)cc1. The van der Waals surface area contributed by atoms with Crippen molar-refractivity contribution < 1.29 is 66.3 Å². The maximum atomic E-state index is 13.9. The number of rotatable bonds is 8. The fourth-order valence-electron chi connectivity index (χ4n) is 2.15. The van der Waals surface area contributed by atoms with Crippen LogP contribution < -0.4 is 9.47 Å². The van der Waals surface area contributed by atoms with Crippen LogP contribution in [0.3, 0.4) is 0 Å². The highest BCUT2D eigenvalue weighted by Gasteiger charge is 2.77. The molecule has 0 fully saturated rings. The topological polar surface area (TPSA) is 75.7 Å². The van der Waals surface area contributed by atoms with Crippen molar-refractivity contribution in [2.24, 2.45) is 0 Å². The van der Waals surface area contributed by atoms with Gasteiger partial charge >= 0.3 is 18.1 Å². The molecule has 2 aromatic rings. The van der Waals surface area contributed by atoms with Gasteiger partial charge in [0.1, 0.15) is 20.8 Å². The first-order valence-corrected chi connectivity index (χ1v) is 9.34. The van der Waals surface area contributed by atoms with Crippen LogP contribution in [0, 0.1) is 23.3 Å². The van der Waals surface area contributed by atoms with Gasteiger partial charge in [-0.25, -0.2) is 17.2 Å². The molecule has 0 aromatic heterocycles. The number of ether oxygens (including phenoxy) is 2. The molecule has 0 atom stereocenters. The van der Waals surface area contributed by atoms with Crippen molar-refractivity contribution in [2.45, 2.75) is 23.0 Å². The summed E-state index contributed by atoms with van der Waals surface area (Å²) in [5, 5.41) is 0. The van der Waals surface area contributed by atoms with Gasteiger partial charge in [0, 0.05) is 0 Å². The van der Waals surface area contributed by atoms with E-state index in [1.54, 1.807) is 0 Å². The molecular weight excluding hydrogens is 506 g/mol. The van der Waals surface area contributed by atoms with Gasteiger partial charge in [-0.3, -0.25) is 0 Å². The molecule has 0 aliphatic carbocycles. The van der Waals surface area contributed by atoms with Gasteiger partial charge in [0.2, 0.25) is 17.4 Å². The summed E-state index contributed by atoms with van der Waals surface area (Å²) in [5.41, 5.74) is 0.282. The van der Waals surface area contributed by atoms with E-state index >= 15 is 0 Å². The van der Waals surface area contributed by atoms with Crippen LogP contribution >= 0.6 is 0 Å². The van der Waals surface area contributed by atoms with E-state index in [2.05, 4.69) is 16.1 Å². The maximum absolute atomic E-state index is 13.9. The van der Waals surface area contributed by atoms with Gasteiger partial charge in [-0.15, -0.1) is 0 Å².